The van der Waals surface area contributed by atoms with Crippen molar-refractivity contribution in [2.24, 2.45) is 0 Å². The molecule has 0 fully saturated rings. The van der Waals surface area contributed by atoms with Gasteiger partial charge in [-0.15, -0.1) is 0 Å². The number of hydrogen-bond acceptors (Lipinski definition) is 3. The lowest BCUT2D eigenvalue weighted by Crippen LogP contribution is -2.39. The second-order valence-electron chi connectivity index (χ2n) is 6.50. The van der Waals surface area contributed by atoms with Gasteiger partial charge < -0.3 is 10.2 Å². The van der Waals surface area contributed by atoms with Crippen LogP contribution in [-0.4, -0.2) is 39.6 Å². The number of carbonyl (C=O) groups is 2. The lowest BCUT2D eigenvalue weighted by molar-refractivity contribution is -0.132. The highest BCUT2D eigenvalue weighted by Gasteiger charge is 2.12. The molecule has 1 heterocycles. The molecule has 3 aromatic rings. The smallest absolute Gasteiger partial charge is 0.244 e. The van der Waals surface area contributed by atoms with E-state index in [1.165, 1.54) is 6.08 Å². The SMILES string of the molecule is CCN(Cc1ccccc1)C(=O)CNC(=O)/C=C/c1cnn(-c2ccccc2)c1. The van der Waals surface area contributed by atoms with Gasteiger partial charge in [-0.25, -0.2) is 4.68 Å². The number of rotatable bonds is 8. The van der Waals surface area contributed by atoms with Crippen LogP contribution < -0.4 is 5.32 Å². The van der Waals surface area contributed by atoms with Gasteiger partial charge in [0.15, 0.2) is 0 Å². The molecule has 1 N–H and O–H groups in total. The molecule has 0 unspecified atom stereocenters. The van der Waals surface area contributed by atoms with Crippen molar-refractivity contribution in [3.8, 4) is 5.69 Å². The van der Waals surface area contributed by atoms with Crippen LogP contribution in [0, 0.1) is 0 Å². The minimum atomic E-state index is -0.318. The third-order valence-corrected chi connectivity index (χ3v) is 4.41. The Morgan fingerprint density at radius 3 is 2.45 bits per heavy atom. The second kappa shape index (κ2) is 10.0. The predicted molar refractivity (Wildman–Crippen MR) is 113 cm³/mol. The molecule has 1 aromatic heterocycles. The van der Waals surface area contributed by atoms with Crippen molar-refractivity contribution in [3.05, 3.63) is 90.3 Å². The molecule has 3 rings (SSSR count). The van der Waals surface area contributed by atoms with Crippen molar-refractivity contribution in [1.29, 1.82) is 0 Å². The average molecular weight is 388 g/mol. The number of hydrogen-bond donors (Lipinski definition) is 1. The Balaban J connectivity index is 1.50. The van der Waals surface area contributed by atoms with E-state index in [4.69, 9.17) is 0 Å². The average Bonchev–Trinajstić information content (AvgIpc) is 3.25. The van der Waals surface area contributed by atoms with Crippen LogP contribution >= 0.6 is 0 Å². The van der Waals surface area contributed by atoms with Crippen LogP contribution in [0.2, 0.25) is 0 Å². The highest BCUT2D eigenvalue weighted by atomic mass is 16.2. The van der Waals surface area contributed by atoms with E-state index >= 15 is 0 Å². The first-order valence-electron chi connectivity index (χ1n) is 9.53. The highest BCUT2D eigenvalue weighted by Crippen LogP contribution is 2.08. The summed E-state index contributed by atoms with van der Waals surface area (Å²) < 4.78 is 1.74. The number of benzene rings is 2. The molecule has 0 aliphatic rings. The van der Waals surface area contributed by atoms with Crippen LogP contribution in [0.1, 0.15) is 18.1 Å². The molecule has 0 spiro atoms. The number of para-hydroxylation sites is 1. The Hall–Kier alpha value is -3.67. The van der Waals surface area contributed by atoms with Crippen LogP contribution in [0.3, 0.4) is 0 Å². The molecule has 2 amide bonds. The fourth-order valence-electron chi connectivity index (χ4n) is 2.83. The maximum Gasteiger partial charge on any atom is 0.244 e. The Bertz CT molecular complexity index is 965. The van der Waals surface area contributed by atoms with Crippen molar-refractivity contribution in [3.63, 3.8) is 0 Å². The lowest BCUT2D eigenvalue weighted by atomic mass is 10.2. The van der Waals surface area contributed by atoms with Gasteiger partial charge in [-0.1, -0.05) is 48.5 Å². The maximum atomic E-state index is 12.4. The van der Waals surface area contributed by atoms with E-state index in [1.54, 1.807) is 21.9 Å². The van der Waals surface area contributed by atoms with E-state index in [0.717, 1.165) is 16.8 Å². The number of amides is 2. The van der Waals surface area contributed by atoms with E-state index in [9.17, 15) is 9.59 Å². The van der Waals surface area contributed by atoms with Crippen molar-refractivity contribution in [2.45, 2.75) is 13.5 Å². The van der Waals surface area contributed by atoms with Gasteiger partial charge in [-0.2, -0.15) is 5.10 Å². The summed E-state index contributed by atoms with van der Waals surface area (Å²) in [4.78, 5) is 26.2. The van der Waals surface area contributed by atoms with E-state index < -0.39 is 0 Å². The molecule has 0 saturated heterocycles. The van der Waals surface area contributed by atoms with E-state index in [2.05, 4.69) is 10.4 Å². The first-order chi connectivity index (χ1) is 14.2. The van der Waals surface area contributed by atoms with Crippen molar-refractivity contribution in [1.82, 2.24) is 20.0 Å². The summed E-state index contributed by atoms with van der Waals surface area (Å²) in [5, 5.41) is 6.93. The topological polar surface area (TPSA) is 67.2 Å². The fourth-order valence-corrected chi connectivity index (χ4v) is 2.83. The minimum absolute atomic E-state index is 0.0346. The minimum Gasteiger partial charge on any atom is -0.343 e. The molecular formula is C23H24N4O2. The fraction of sp³-hybridized carbons (Fsp3) is 0.174. The van der Waals surface area contributed by atoms with Crippen LogP contribution in [0.15, 0.2) is 79.1 Å². The molecule has 6 nitrogen and oxygen atoms in total. The molecule has 0 aliphatic carbocycles. The van der Waals surface area contributed by atoms with Gasteiger partial charge in [0.1, 0.15) is 0 Å². The first kappa shape index (κ1) is 20.1. The zero-order valence-corrected chi connectivity index (χ0v) is 16.4. The number of carbonyl (C=O) groups excluding carboxylic acids is 2. The Kier molecular flexibility index (Phi) is 6.95. The molecule has 0 aliphatic heterocycles. The summed E-state index contributed by atoms with van der Waals surface area (Å²) in [5.74, 6) is -0.434. The molecule has 2 aromatic carbocycles. The molecule has 0 atom stereocenters. The van der Waals surface area contributed by atoms with E-state index in [-0.39, 0.29) is 18.4 Å². The van der Waals surface area contributed by atoms with Crippen LogP contribution in [0.5, 0.6) is 0 Å². The second-order valence-corrected chi connectivity index (χ2v) is 6.50. The van der Waals surface area contributed by atoms with Crippen molar-refractivity contribution in [2.75, 3.05) is 13.1 Å². The summed E-state index contributed by atoms with van der Waals surface area (Å²) in [7, 11) is 0. The number of likely N-dealkylation sites (N-methyl/N-ethyl adjacent to an activating group) is 1. The highest BCUT2D eigenvalue weighted by molar-refractivity contribution is 5.94. The van der Waals surface area contributed by atoms with Gasteiger partial charge in [0.25, 0.3) is 0 Å². The first-order valence-corrected chi connectivity index (χ1v) is 9.53. The van der Waals surface area contributed by atoms with Crippen LogP contribution in [-0.2, 0) is 16.1 Å². The zero-order valence-electron chi connectivity index (χ0n) is 16.4. The van der Waals surface area contributed by atoms with Gasteiger partial charge in [0, 0.05) is 30.9 Å². The van der Waals surface area contributed by atoms with Crippen molar-refractivity contribution < 1.29 is 9.59 Å². The molecule has 0 saturated carbocycles. The van der Waals surface area contributed by atoms with Gasteiger partial charge in [0.05, 0.1) is 18.4 Å². The molecule has 29 heavy (non-hydrogen) atoms. The third-order valence-electron chi connectivity index (χ3n) is 4.41. The normalized spacial score (nSPS) is 10.8. The zero-order chi connectivity index (χ0) is 20.5. The summed E-state index contributed by atoms with van der Waals surface area (Å²) in [6.45, 7) is 3.00. The Morgan fingerprint density at radius 1 is 1.07 bits per heavy atom. The van der Waals surface area contributed by atoms with Gasteiger partial charge >= 0.3 is 0 Å². The van der Waals surface area contributed by atoms with E-state index in [1.807, 2.05) is 73.8 Å². The molecular weight excluding hydrogens is 364 g/mol. The van der Waals surface area contributed by atoms with Crippen molar-refractivity contribution >= 4 is 17.9 Å². The number of aromatic nitrogens is 2. The molecule has 6 heteroatoms. The number of nitrogens with one attached hydrogen (secondary N) is 1. The Morgan fingerprint density at radius 2 is 1.76 bits per heavy atom. The summed E-state index contributed by atoms with van der Waals surface area (Å²) >= 11 is 0. The van der Waals surface area contributed by atoms with Gasteiger partial charge in [0.2, 0.25) is 11.8 Å². The summed E-state index contributed by atoms with van der Waals surface area (Å²) in [5.41, 5.74) is 2.80. The maximum absolute atomic E-state index is 12.4. The lowest BCUT2D eigenvalue weighted by Gasteiger charge is -2.21. The van der Waals surface area contributed by atoms with Crippen LogP contribution in [0.25, 0.3) is 11.8 Å². The van der Waals surface area contributed by atoms with Crippen LogP contribution in [0.4, 0.5) is 0 Å². The monoisotopic (exact) mass is 388 g/mol. The Labute approximate surface area is 170 Å². The predicted octanol–water partition coefficient (Wildman–Crippen LogP) is 3.05. The third kappa shape index (κ3) is 5.90. The molecule has 148 valence electrons. The quantitative estimate of drug-likeness (QED) is 0.603. The molecule has 0 radical (unpaired) electrons. The largest absolute Gasteiger partial charge is 0.343 e. The van der Waals surface area contributed by atoms with Gasteiger partial charge in [-0.05, 0) is 30.7 Å². The van der Waals surface area contributed by atoms with E-state index in [0.29, 0.717) is 13.1 Å². The molecule has 0 bridgehead atoms. The standard InChI is InChI=1S/C23H24N4O2/c1-2-26(17-19-9-5-3-6-10-19)23(29)16-24-22(28)14-13-20-15-25-27(18-20)21-11-7-4-8-12-21/h3-15,18H,2,16-17H2,1H3,(H,24,28)/b14-13+. The summed E-state index contributed by atoms with van der Waals surface area (Å²) in [6.07, 6.45) is 6.60. The summed E-state index contributed by atoms with van der Waals surface area (Å²) in [6, 6.07) is 19.5. The number of nitrogens with zero attached hydrogens (tertiary/aromatic N) is 3. The van der Waals surface area contributed by atoms with Gasteiger partial charge in [-0.3, -0.25) is 9.59 Å².